The number of aliphatic hydroxyl groups excluding tert-OH is 1. The Bertz CT molecular complexity index is 762. The summed E-state index contributed by atoms with van der Waals surface area (Å²) in [5, 5.41) is 13.4. The highest BCUT2D eigenvalue weighted by Crippen LogP contribution is 2.37. The quantitative estimate of drug-likeness (QED) is 0.827. The third-order valence-electron chi connectivity index (χ3n) is 4.48. The number of benzene rings is 1. The van der Waals surface area contributed by atoms with Gasteiger partial charge in [0.15, 0.2) is 0 Å². The summed E-state index contributed by atoms with van der Waals surface area (Å²) in [6.07, 6.45) is 0.904. The molecule has 1 saturated heterocycles. The number of cyclic esters (lactones) is 1. The predicted molar refractivity (Wildman–Crippen MR) is 99.6 cm³/mol. The molecule has 8 heteroatoms. The molecule has 1 fully saturated rings. The molecule has 2 heterocycles. The summed E-state index contributed by atoms with van der Waals surface area (Å²) in [5.74, 6) is 0.388. The molecule has 3 rings (SSSR count). The average molecular weight is 375 g/mol. The Kier molecular flexibility index (Phi) is 5.55. The molecule has 8 nitrogen and oxygen atoms in total. The standard InChI is InChI=1S/C19H25N3O5/c1-12(23)20-9-15-11-22(19(25)27-15)14-4-5-16-17(8-14)26-7-6-13(18(16)24)10-21(2)3/h4-5,8,10,15,18,24H,6-7,9,11H2,1-3H3,(H,20,23)/b13-10+/t15-,18?/m0/s1. The van der Waals surface area contributed by atoms with Gasteiger partial charge < -0.3 is 24.8 Å². The first kappa shape index (κ1) is 19.0. The first-order valence-electron chi connectivity index (χ1n) is 8.89. The van der Waals surface area contributed by atoms with Crippen molar-refractivity contribution in [1.29, 1.82) is 0 Å². The highest BCUT2D eigenvalue weighted by Gasteiger charge is 2.33. The van der Waals surface area contributed by atoms with Crippen LogP contribution in [-0.4, -0.2) is 61.9 Å². The Balaban J connectivity index is 1.79. The molecule has 2 atom stereocenters. The Morgan fingerprint density at radius 2 is 2.22 bits per heavy atom. The van der Waals surface area contributed by atoms with Gasteiger partial charge in [0.2, 0.25) is 5.91 Å². The zero-order valence-corrected chi connectivity index (χ0v) is 15.8. The highest BCUT2D eigenvalue weighted by molar-refractivity contribution is 5.90. The molecule has 2 aliphatic heterocycles. The number of aliphatic hydroxyl groups is 1. The van der Waals surface area contributed by atoms with Crippen LogP contribution in [0, 0.1) is 0 Å². The van der Waals surface area contributed by atoms with Crippen LogP contribution in [0.2, 0.25) is 0 Å². The van der Waals surface area contributed by atoms with Crippen LogP contribution < -0.4 is 15.0 Å². The number of anilines is 1. The topological polar surface area (TPSA) is 91.3 Å². The van der Waals surface area contributed by atoms with Gasteiger partial charge in [-0.05, 0) is 11.6 Å². The normalized spacial score (nSPS) is 23.3. The van der Waals surface area contributed by atoms with Crippen LogP contribution in [0.25, 0.3) is 0 Å². The number of fused-ring (bicyclic) bond motifs is 1. The molecule has 1 unspecified atom stereocenters. The van der Waals surface area contributed by atoms with Gasteiger partial charge in [0.1, 0.15) is 18.0 Å². The molecule has 0 saturated carbocycles. The van der Waals surface area contributed by atoms with Crippen LogP contribution in [0.5, 0.6) is 5.75 Å². The molecule has 0 spiro atoms. The average Bonchev–Trinajstić information content (AvgIpc) is 2.91. The number of carbonyl (C=O) groups is 2. The van der Waals surface area contributed by atoms with Gasteiger partial charge >= 0.3 is 6.09 Å². The zero-order valence-electron chi connectivity index (χ0n) is 15.8. The first-order valence-corrected chi connectivity index (χ1v) is 8.89. The third-order valence-corrected chi connectivity index (χ3v) is 4.48. The Morgan fingerprint density at radius 3 is 2.93 bits per heavy atom. The molecule has 2 N–H and O–H groups in total. The molecule has 0 bridgehead atoms. The molecule has 0 aromatic heterocycles. The maximum atomic E-state index is 12.2. The van der Waals surface area contributed by atoms with Gasteiger partial charge in [-0.1, -0.05) is 6.07 Å². The lowest BCUT2D eigenvalue weighted by atomic mass is 9.99. The van der Waals surface area contributed by atoms with Crippen molar-refractivity contribution >= 4 is 17.7 Å². The van der Waals surface area contributed by atoms with E-state index < -0.39 is 18.3 Å². The fraction of sp³-hybridized carbons (Fsp3) is 0.474. The first-order chi connectivity index (χ1) is 12.8. The number of hydrogen-bond donors (Lipinski definition) is 2. The molecule has 1 aromatic rings. The van der Waals surface area contributed by atoms with Crippen LogP contribution in [0.1, 0.15) is 25.0 Å². The third kappa shape index (κ3) is 4.33. The van der Waals surface area contributed by atoms with Crippen molar-refractivity contribution in [2.75, 3.05) is 38.7 Å². The van der Waals surface area contributed by atoms with E-state index in [4.69, 9.17) is 9.47 Å². The van der Waals surface area contributed by atoms with E-state index in [1.165, 1.54) is 11.8 Å². The highest BCUT2D eigenvalue weighted by atomic mass is 16.6. The number of hydrogen-bond acceptors (Lipinski definition) is 6. The number of carbonyl (C=O) groups excluding carboxylic acids is 2. The molecular weight excluding hydrogens is 350 g/mol. The maximum Gasteiger partial charge on any atom is 0.414 e. The minimum absolute atomic E-state index is 0.168. The van der Waals surface area contributed by atoms with Gasteiger partial charge in [-0.25, -0.2) is 4.79 Å². The summed E-state index contributed by atoms with van der Waals surface area (Å²) in [6.45, 7) is 2.48. The number of rotatable bonds is 4. The second-order valence-electron chi connectivity index (χ2n) is 6.94. The molecule has 2 amide bonds. The SMILES string of the molecule is CC(=O)NC[C@H]1CN(c2ccc3c(c2)OCC/C(=C\N(C)C)C3O)C(=O)O1. The van der Waals surface area contributed by atoms with Crippen molar-refractivity contribution in [3.8, 4) is 5.75 Å². The lowest BCUT2D eigenvalue weighted by molar-refractivity contribution is -0.119. The Hall–Kier alpha value is -2.74. The maximum absolute atomic E-state index is 12.2. The van der Waals surface area contributed by atoms with E-state index in [1.54, 1.807) is 18.2 Å². The number of nitrogens with one attached hydrogen (secondary N) is 1. The minimum atomic E-state index is -0.753. The summed E-state index contributed by atoms with van der Waals surface area (Å²) >= 11 is 0. The van der Waals surface area contributed by atoms with Crippen LogP contribution in [0.4, 0.5) is 10.5 Å². The van der Waals surface area contributed by atoms with E-state index >= 15 is 0 Å². The number of ether oxygens (including phenoxy) is 2. The largest absolute Gasteiger partial charge is 0.493 e. The molecular formula is C19H25N3O5. The van der Waals surface area contributed by atoms with Gasteiger partial charge in [-0.3, -0.25) is 9.69 Å². The van der Waals surface area contributed by atoms with Crippen LogP contribution >= 0.6 is 0 Å². The molecule has 0 aliphatic carbocycles. The van der Waals surface area contributed by atoms with E-state index in [0.717, 1.165) is 5.57 Å². The van der Waals surface area contributed by atoms with Crippen molar-refractivity contribution in [3.05, 3.63) is 35.5 Å². The van der Waals surface area contributed by atoms with Crippen LogP contribution in [0.15, 0.2) is 30.0 Å². The van der Waals surface area contributed by atoms with E-state index in [-0.39, 0.29) is 12.5 Å². The van der Waals surface area contributed by atoms with Crippen LogP contribution in [-0.2, 0) is 9.53 Å². The molecule has 2 aliphatic rings. The van der Waals surface area contributed by atoms with E-state index in [9.17, 15) is 14.7 Å². The number of amides is 2. The monoisotopic (exact) mass is 375 g/mol. The van der Waals surface area contributed by atoms with Crippen molar-refractivity contribution in [2.24, 2.45) is 0 Å². The van der Waals surface area contributed by atoms with Gasteiger partial charge in [-0.2, -0.15) is 0 Å². The molecule has 146 valence electrons. The zero-order chi connectivity index (χ0) is 19.6. The van der Waals surface area contributed by atoms with E-state index in [1.807, 2.05) is 25.2 Å². The minimum Gasteiger partial charge on any atom is -0.493 e. The van der Waals surface area contributed by atoms with E-state index in [2.05, 4.69) is 5.32 Å². The lowest BCUT2D eigenvalue weighted by Gasteiger charge is -2.18. The Labute approximate surface area is 158 Å². The molecule has 27 heavy (non-hydrogen) atoms. The van der Waals surface area contributed by atoms with Crippen LogP contribution in [0.3, 0.4) is 0 Å². The van der Waals surface area contributed by atoms with Crippen molar-refractivity contribution in [3.63, 3.8) is 0 Å². The van der Waals surface area contributed by atoms with Gasteiger partial charge in [-0.15, -0.1) is 0 Å². The fourth-order valence-electron chi connectivity index (χ4n) is 3.22. The predicted octanol–water partition coefficient (Wildman–Crippen LogP) is 1.41. The van der Waals surface area contributed by atoms with Gasteiger partial charge in [0.25, 0.3) is 0 Å². The second kappa shape index (κ2) is 7.87. The van der Waals surface area contributed by atoms with Crippen molar-refractivity contribution < 1.29 is 24.2 Å². The molecule has 1 aromatic carbocycles. The number of nitrogens with zero attached hydrogens (tertiary/aromatic N) is 2. The lowest BCUT2D eigenvalue weighted by Crippen LogP contribution is -2.33. The summed E-state index contributed by atoms with van der Waals surface area (Å²) in [5.41, 5.74) is 2.19. The Morgan fingerprint density at radius 1 is 1.44 bits per heavy atom. The van der Waals surface area contributed by atoms with Crippen molar-refractivity contribution in [2.45, 2.75) is 25.6 Å². The fourth-order valence-corrected chi connectivity index (χ4v) is 3.22. The van der Waals surface area contributed by atoms with E-state index in [0.29, 0.717) is 36.6 Å². The molecule has 0 radical (unpaired) electrons. The summed E-state index contributed by atoms with van der Waals surface area (Å²) in [7, 11) is 3.82. The summed E-state index contributed by atoms with van der Waals surface area (Å²) in [6, 6.07) is 5.30. The van der Waals surface area contributed by atoms with Crippen molar-refractivity contribution in [1.82, 2.24) is 10.2 Å². The van der Waals surface area contributed by atoms with Gasteiger partial charge in [0.05, 0.1) is 25.4 Å². The summed E-state index contributed by atoms with van der Waals surface area (Å²) in [4.78, 5) is 26.6. The summed E-state index contributed by atoms with van der Waals surface area (Å²) < 4.78 is 11.1. The second-order valence-corrected chi connectivity index (χ2v) is 6.94. The smallest absolute Gasteiger partial charge is 0.414 e. The van der Waals surface area contributed by atoms with Gasteiger partial charge in [0, 0.05) is 45.3 Å².